The molecule has 10 nitrogen and oxygen atoms in total. The van der Waals surface area contributed by atoms with Crippen molar-refractivity contribution in [2.75, 3.05) is 0 Å². The van der Waals surface area contributed by atoms with E-state index in [4.69, 9.17) is 0 Å². The number of carboxylic acids is 2. The number of aliphatic carboxylic acids is 2. The highest BCUT2D eigenvalue weighted by Gasteiger charge is 2.34. The van der Waals surface area contributed by atoms with Gasteiger partial charge in [0.2, 0.25) is 5.91 Å². The first-order valence-electron chi connectivity index (χ1n) is 15.2. The van der Waals surface area contributed by atoms with Gasteiger partial charge in [-0.05, 0) is 86.3 Å². The van der Waals surface area contributed by atoms with E-state index in [1.54, 1.807) is 0 Å². The van der Waals surface area contributed by atoms with Crippen LogP contribution in [0.3, 0.4) is 0 Å². The molecule has 3 aliphatic heterocycles. The fraction of sp³-hybridized carbons (Fsp3) is 0.515. The molecule has 0 fully saturated rings. The Labute approximate surface area is 263 Å². The first-order chi connectivity index (χ1) is 20.7. The van der Waals surface area contributed by atoms with Crippen LogP contribution in [0.4, 0.5) is 0 Å². The van der Waals surface area contributed by atoms with Crippen LogP contribution in [-0.4, -0.2) is 50.2 Å². The van der Waals surface area contributed by atoms with Crippen LogP contribution in [0.2, 0.25) is 0 Å². The molecule has 0 aliphatic carbocycles. The molecule has 11 heteroatoms. The third-order valence-corrected chi connectivity index (χ3v) is 9.64. The van der Waals surface area contributed by atoms with Crippen LogP contribution >= 0.6 is 12.6 Å². The Hall–Kier alpha value is -3.73. The predicted molar refractivity (Wildman–Crippen MR) is 172 cm³/mol. The summed E-state index contributed by atoms with van der Waals surface area (Å²) in [6.45, 7) is 11.6. The lowest BCUT2D eigenvalue weighted by Gasteiger charge is -2.22. The van der Waals surface area contributed by atoms with Crippen LogP contribution in [0.5, 0.6) is 0 Å². The van der Waals surface area contributed by atoms with Crippen LogP contribution in [0.25, 0.3) is 12.2 Å². The van der Waals surface area contributed by atoms with Crippen LogP contribution in [0.15, 0.2) is 38.8 Å². The second kappa shape index (κ2) is 13.5. The number of aromatic amines is 1. The molecule has 0 radical (unpaired) electrons. The molecule has 238 valence electrons. The number of carbonyl (C=O) groups excluding carboxylic acids is 1. The van der Waals surface area contributed by atoms with Gasteiger partial charge in [0, 0.05) is 70.4 Å². The average molecular weight is 624 g/mol. The molecule has 0 spiro atoms. The van der Waals surface area contributed by atoms with Crippen molar-refractivity contribution < 1.29 is 29.7 Å². The zero-order valence-corrected chi connectivity index (χ0v) is 27.1. The molecule has 0 aromatic carbocycles. The van der Waals surface area contributed by atoms with Gasteiger partial charge in [0.1, 0.15) is 0 Å². The molecule has 5 atom stereocenters. The molecule has 1 aromatic heterocycles. The van der Waals surface area contributed by atoms with E-state index in [9.17, 15) is 29.7 Å². The van der Waals surface area contributed by atoms with Crippen molar-refractivity contribution in [3.63, 3.8) is 0 Å². The van der Waals surface area contributed by atoms with E-state index < -0.39 is 11.9 Å². The molecular weight excluding hydrogens is 580 g/mol. The zero-order chi connectivity index (χ0) is 32.5. The van der Waals surface area contributed by atoms with E-state index in [2.05, 4.69) is 33.2 Å². The van der Waals surface area contributed by atoms with Crippen molar-refractivity contribution in [2.24, 2.45) is 22.7 Å². The Balaban J connectivity index is 1.74. The summed E-state index contributed by atoms with van der Waals surface area (Å²) in [6, 6.07) is -0.145. The summed E-state index contributed by atoms with van der Waals surface area (Å²) in [4.78, 5) is 43.3. The summed E-state index contributed by atoms with van der Waals surface area (Å²) in [5, 5.41) is 37.9. The lowest BCUT2D eigenvalue weighted by atomic mass is 9.90. The number of nitrogens with one attached hydrogen (secondary N) is 3. The predicted octanol–water partition coefficient (Wildman–Crippen LogP) is 4.34. The van der Waals surface area contributed by atoms with E-state index in [1.807, 2.05) is 53.7 Å². The molecule has 44 heavy (non-hydrogen) atoms. The zero-order valence-electron chi connectivity index (χ0n) is 26.2. The number of carboxylic acid groups (broad SMARTS) is 2. The first kappa shape index (κ1) is 33.2. The number of thiol groups is 1. The number of amides is 1. The number of hydrogen-bond acceptors (Lipinski definition) is 7. The number of carbonyl (C=O) groups is 3. The van der Waals surface area contributed by atoms with Crippen molar-refractivity contribution >= 4 is 48.5 Å². The smallest absolute Gasteiger partial charge is 0.303 e. The summed E-state index contributed by atoms with van der Waals surface area (Å²) in [5.74, 6) is -2.64. The standard InChI is InChI=1S/C33H44N4O6S/c1-7-20-15(2)25(36-33(20)43)12-23-16(3)21(8-10-29(38)39)26(34-23)14-27-22(9-11-30(40)41)17(4)24(35-27)13-28-31(19(6)44)18(5)32(42)37-28/h13-14,18-19,21,25,31,34-35,44H,7-12H2,1-6H3,(H,36,43)(H,37,42)(H,38,39)(H,40,41)/p-1/b26-14-,28-13-/t18-,19+,21?,25?,31+/m1/s1. The van der Waals surface area contributed by atoms with Crippen LogP contribution in [-0.2, 0) is 20.8 Å². The molecule has 1 aromatic rings. The average Bonchev–Trinajstić information content (AvgIpc) is 3.59. The molecule has 2 unspecified atom stereocenters. The van der Waals surface area contributed by atoms with E-state index in [0.717, 1.165) is 50.6 Å². The van der Waals surface area contributed by atoms with Gasteiger partial charge >= 0.3 is 11.9 Å². The number of aliphatic imine (C=N–C) groups is 1. The van der Waals surface area contributed by atoms with Gasteiger partial charge in [-0.25, -0.2) is 0 Å². The largest absolute Gasteiger partial charge is 0.861 e. The van der Waals surface area contributed by atoms with E-state index in [0.29, 0.717) is 25.0 Å². The van der Waals surface area contributed by atoms with E-state index in [1.165, 1.54) is 0 Å². The van der Waals surface area contributed by atoms with Crippen LogP contribution < -0.4 is 15.7 Å². The van der Waals surface area contributed by atoms with Crippen molar-refractivity contribution in [1.29, 1.82) is 0 Å². The van der Waals surface area contributed by atoms with Crippen LogP contribution in [0.1, 0.15) is 89.2 Å². The number of nitrogens with zero attached hydrogens (tertiary/aromatic N) is 1. The van der Waals surface area contributed by atoms with Crippen molar-refractivity contribution in [3.05, 3.63) is 56.3 Å². The molecule has 0 bridgehead atoms. The molecule has 1 amide bonds. The topological polar surface area (TPSA) is 167 Å². The summed E-state index contributed by atoms with van der Waals surface area (Å²) in [6.07, 6.45) is 5.61. The first-order valence-corrected chi connectivity index (χ1v) is 15.7. The van der Waals surface area contributed by atoms with Gasteiger partial charge in [-0.2, -0.15) is 12.6 Å². The quantitative estimate of drug-likeness (QED) is 0.188. The normalized spacial score (nSPS) is 26.1. The Morgan fingerprint density at radius 2 is 1.77 bits per heavy atom. The molecule has 3 aliphatic rings. The van der Waals surface area contributed by atoms with Gasteiger partial charge in [-0.1, -0.05) is 20.8 Å². The van der Waals surface area contributed by atoms with Gasteiger partial charge in [-0.3, -0.25) is 19.4 Å². The number of allylic oxidation sites excluding steroid dienone is 2. The molecular formula is C33H43N4O6S-. The molecule has 0 saturated heterocycles. The molecule has 0 saturated carbocycles. The third kappa shape index (κ3) is 6.82. The Morgan fingerprint density at radius 1 is 1.09 bits per heavy atom. The second-order valence-electron chi connectivity index (χ2n) is 12.1. The lowest BCUT2D eigenvalue weighted by molar-refractivity contribution is -0.222. The van der Waals surface area contributed by atoms with Crippen molar-refractivity contribution in [2.45, 2.75) is 91.4 Å². The molecule has 4 rings (SSSR count). The van der Waals surface area contributed by atoms with Gasteiger partial charge in [-0.15, -0.1) is 0 Å². The fourth-order valence-corrected chi connectivity index (χ4v) is 7.10. The highest BCUT2D eigenvalue weighted by atomic mass is 32.1. The van der Waals surface area contributed by atoms with Gasteiger partial charge < -0.3 is 30.9 Å². The molecule has 5 N–H and O–H groups in total. The fourth-order valence-electron chi connectivity index (χ4n) is 6.69. The van der Waals surface area contributed by atoms with Crippen molar-refractivity contribution in [3.8, 4) is 0 Å². The minimum Gasteiger partial charge on any atom is -0.861 e. The van der Waals surface area contributed by atoms with E-state index >= 15 is 0 Å². The SMILES string of the molecule is CCC1=C(C)C(CC2=C(C)C(CCC(=O)O)/C(=C/c3[nH]c(/C=C4\N=C([O-])[C@H](C)[C@H]4[C@H](C)S)c(C)c3CCC(=O)O)N2)NC1=O. The maximum Gasteiger partial charge on any atom is 0.303 e. The van der Waals surface area contributed by atoms with Gasteiger partial charge in [0.15, 0.2) is 0 Å². The Morgan fingerprint density at radius 3 is 2.36 bits per heavy atom. The van der Waals surface area contributed by atoms with E-state index in [-0.39, 0.29) is 60.1 Å². The maximum atomic E-state index is 12.5. The second-order valence-corrected chi connectivity index (χ2v) is 13.0. The van der Waals surface area contributed by atoms with Gasteiger partial charge in [0.05, 0.1) is 6.04 Å². The summed E-state index contributed by atoms with van der Waals surface area (Å²) in [7, 11) is 0. The van der Waals surface area contributed by atoms with Crippen LogP contribution in [0, 0.1) is 24.7 Å². The molecule has 4 heterocycles. The highest BCUT2D eigenvalue weighted by Crippen LogP contribution is 2.39. The van der Waals surface area contributed by atoms with Crippen molar-refractivity contribution in [1.82, 2.24) is 15.6 Å². The summed E-state index contributed by atoms with van der Waals surface area (Å²) in [5.41, 5.74) is 8.39. The maximum absolute atomic E-state index is 12.5. The number of rotatable bonds is 12. The lowest BCUT2D eigenvalue weighted by Crippen LogP contribution is -2.30. The number of hydrogen-bond donors (Lipinski definition) is 6. The minimum atomic E-state index is -0.912. The third-order valence-electron chi connectivity index (χ3n) is 9.32. The monoisotopic (exact) mass is 623 g/mol. The summed E-state index contributed by atoms with van der Waals surface area (Å²) < 4.78 is 0. The highest BCUT2D eigenvalue weighted by molar-refractivity contribution is 7.80. The minimum absolute atomic E-state index is 0.0165. The Kier molecular flexibility index (Phi) is 10.2. The van der Waals surface area contributed by atoms with Gasteiger partial charge in [0.25, 0.3) is 0 Å². The summed E-state index contributed by atoms with van der Waals surface area (Å²) >= 11 is 4.61. The number of aromatic nitrogens is 1. The number of H-pyrrole nitrogens is 1. The Bertz CT molecular complexity index is 1510.